The molecule has 0 aliphatic carbocycles. The summed E-state index contributed by atoms with van der Waals surface area (Å²) in [5, 5.41) is 5.79. The van der Waals surface area contributed by atoms with Gasteiger partial charge in [-0.2, -0.15) is 5.10 Å². The monoisotopic (exact) mass is 301 g/mol. The third-order valence-corrected chi connectivity index (χ3v) is 3.96. The molecule has 0 aliphatic heterocycles. The van der Waals surface area contributed by atoms with Crippen LogP contribution in [0.15, 0.2) is 39.7 Å². The second-order valence-electron chi connectivity index (χ2n) is 4.60. The van der Waals surface area contributed by atoms with Crippen molar-refractivity contribution in [3.05, 3.63) is 51.7 Å². The highest BCUT2D eigenvalue weighted by Crippen LogP contribution is 2.23. The van der Waals surface area contributed by atoms with Crippen LogP contribution in [0.4, 0.5) is 4.39 Å². The molecule has 104 valence electrons. The number of halogens is 1. The predicted molar refractivity (Wildman–Crippen MR) is 77.0 cm³/mol. The molecule has 0 aliphatic rings. The standard InChI is InChI=1S/C14H8FN3O2S/c1-7-17-18-6-11(16-14(18)21-7)10-4-8-2-3-9(15)5-12(8)20-13(10)19/h2-6H,1H3. The first-order valence-electron chi connectivity index (χ1n) is 6.17. The zero-order valence-electron chi connectivity index (χ0n) is 10.8. The maximum atomic E-state index is 13.1. The van der Waals surface area contributed by atoms with E-state index in [2.05, 4.69) is 10.1 Å². The highest BCUT2D eigenvalue weighted by atomic mass is 32.1. The van der Waals surface area contributed by atoms with Crippen molar-refractivity contribution in [3.63, 3.8) is 0 Å². The number of benzene rings is 1. The summed E-state index contributed by atoms with van der Waals surface area (Å²) >= 11 is 1.44. The minimum atomic E-state index is -0.546. The lowest BCUT2D eigenvalue weighted by Crippen LogP contribution is -2.03. The maximum Gasteiger partial charge on any atom is 0.345 e. The van der Waals surface area contributed by atoms with Gasteiger partial charge in [-0.15, -0.1) is 0 Å². The number of aryl methyl sites for hydroxylation is 1. The molecule has 4 rings (SSSR count). The van der Waals surface area contributed by atoms with Crippen LogP contribution < -0.4 is 5.63 Å². The fourth-order valence-electron chi connectivity index (χ4n) is 2.19. The van der Waals surface area contributed by atoms with E-state index in [1.54, 1.807) is 22.8 Å². The molecule has 7 heteroatoms. The fraction of sp³-hybridized carbons (Fsp3) is 0.0714. The van der Waals surface area contributed by atoms with Crippen molar-refractivity contribution in [3.8, 4) is 11.3 Å². The van der Waals surface area contributed by atoms with Gasteiger partial charge in [-0.1, -0.05) is 11.3 Å². The van der Waals surface area contributed by atoms with Gasteiger partial charge in [0.2, 0.25) is 4.96 Å². The number of imidazole rings is 1. The van der Waals surface area contributed by atoms with Gasteiger partial charge in [0.1, 0.15) is 16.4 Å². The van der Waals surface area contributed by atoms with E-state index in [4.69, 9.17) is 4.42 Å². The van der Waals surface area contributed by atoms with E-state index in [1.807, 2.05) is 6.92 Å². The van der Waals surface area contributed by atoms with Gasteiger partial charge in [0.15, 0.2) is 0 Å². The molecule has 0 unspecified atom stereocenters. The van der Waals surface area contributed by atoms with Crippen LogP contribution in [0.2, 0.25) is 0 Å². The highest BCUT2D eigenvalue weighted by Gasteiger charge is 2.13. The number of hydrogen-bond donors (Lipinski definition) is 0. The molecule has 0 fully saturated rings. The molecule has 0 amide bonds. The van der Waals surface area contributed by atoms with E-state index >= 15 is 0 Å². The Morgan fingerprint density at radius 1 is 1.33 bits per heavy atom. The van der Waals surface area contributed by atoms with Gasteiger partial charge in [-0.3, -0.25) is 0 Å². The Balaban J connectivity index is 1.96. The van der Waals surface area contributed by atoms with E-state index in [0.29, 0.717) is 21.6 Å². The van der Waals surface area contributed by atoms with Gasteiger partial charge < -0.3 is 4.42 Å². The first-order valence-corrected chi connectivity index (χ1v) is 6.98. The molecule has 0 bridgehead atoms. The van der Waals surface area contributed by atoms with Crippen molar-refractivity contribution in [1.29, 1.82) is 0 Å². The summed E-state index contributed by atoms with van der Waals surface area (Å²) in [7, 11) is 0. The summed E-state index contributed by atoms with van der Waals surface area (Å²) in [6.45, 7) is 1.89. The molecule has 0 saturated heterocycles. The normalized spacial score (nSPS) is 11.5. The number of rotatable bonds is 1. The van der Waals surface area contributed by atoms with Gasteiger partial charge in [-0.05, 0) is 25.1 Å². The number of nitrogens with zero attached hydrogens (tertiary/aromatic N) is 3. The molecule has 3 aromatic heterocycles. The van der Waals surface area contributed by atoms with Crippen LogP contribution >= 0.6 is 11.3 Å². The van der Waals surface area contributed by atoms with E-state index in [9.17, 15) is 9.18 Å². The van der Waals surface area contributed by atoms with Crippen molar-refractivity contribution in [2.75, 3.05) is 0 Å². The zero-order valence-corrected chi connectivity index (χ0v) is 11.6. The summed E-state index contributed by atoms with van der Waals surface area (Å²) < 4.78 is 19.9. The quantitative estimate of drug-likeness (QED) is 0.507. The Bertz CT molecular complexity index is 1020. The van der Waals surface area contributed by atoms with Crippen molar-refractivity contribution < 1.29 is 8.81 Å². The second kappa shape index (κ2) is 4.23. The van der Waals surface area contributed by atoms with Crippen LogP contribution in [0.25, 0.3) is 27.2 Å². The Labute approximate surface area is 121 Å². The second-order valence-corrected chi connectivity index (χ2v) is 5.76. The summed E-state index contributed by atoms with van der Waals surface area (Å²) in [5.74, 6) is -0.444. The fourth-order valence-corrected chi connectivity index (χ4v) is 2.92. The Morgan fingerprint density at radius 2 is 2.19 bits per heavy atom. The minimum Gasteiger partial charge on any atom is -0.422 e. The molecule has 0 spiro atoms. The summed E-state index contributed by atoms with van der Waals surface area (Å²) in [6, 6.07) is 5.73. The first-order chi connectivity index (χ1) is 10.1. The predicted octanol–water partition coefficient (Wildman–Crippen LogP) is 3.01. The Morgan fingerprint density at radius 3 is 3.00 bits per heavy atom. The van der Waals surface area contributed by atoms with Gasteiger partial charge in [0.25, 0.3) is 0 Å². The largest absolute Gasteiger partial charge is 0.422 e. The molecule has 0 atom stereocenters. The molecule has 0 saturated carbocycles. The van der Waals surface area contributed by atoms with Crippen LogP contribution in [0.3, 0.4) is 0 Å². The van der Waals surface area contributed by atoms with Crippen LogP contribution in [0.1, 0.15) is 5.01 Å². The Kier molecular flexibility index (Phi) is 2.46. The molecule has 0 N–H and O–H groups in total. The van der Waals surface area contributed by atoms with Crippen LogP contribution in [-0.2, 0) is 0 Å². The van der Waals surface area contributed by atoms with Gasteiger partial charge in [-0.25, -0.2) is 18.7 Å². The number of fused-ring (bicyclic) bond motifs is 2. The number of hydrogen-bond acceptors (Lipinski definition) is 5. The molecular formula is C14H8FN3O2S. The molecular weight excluding hydrogens is 293 g/mol. The van der Waals surface area contributed by atoms with Crippen molar-refractivity contribution in [2.45, 2.75) is 6.92 Å². The average molecular weight is 301 g/mol. The summed E-state index contributed by atoms with van der Waals surface area (Å²) in [6.07, 6.45) is 1.68. The SMILES string of the molecule is Cc1nn2cc(-c3cc4ccc(F)cc4oc3=O)nc2s1. The van der Waals surface area contributed by atoms with Crippen molar-refractivity contribution >= 4 is 27.3 Å². The van der Waals surface area contributed by atoms with Crippen molar-refractivity contribution in [2.24, 2.45) is 0 Å². The smallest absolute Gasteiger partial charge is 0.345 e. The van der Waals surface area contributed by atoms with Crippen LogP contribution in [0.5, 0.6) is 0 Å². The van der Waals surface area contributed by atoms with Crippen LogP contribution in [-0.4, -0.2) is 14.6 Å². The van der Waals surface area contributed by atoms with E-state index in [0.717, 1.165) is 5.01 Å². The lowest BCUT2D eigenvalue weighted by molar-refractivity contribution is 0.556. The number of aromatic nitrogens is 3. The van der Waals surface area contributed by atoms with E-state index in [1.165, 1.54) is 23.5 Å². The molecule has 3 heterocycles. The molecule has 21 heavy (non-hydrogen) atoms. The van der Waals surface area contributed by atoms with Crippen LogP contribution in [0, 0.1) is 12.7 Å². The van der Waals surface area contributed by atoms with E-state index < -0.39 is 11.4 Å². The van der Waals surface area contributed by atoms with E-state index in [-0.39, 0.29) is 5.58 Å². The van der Waals surface area contributed by atoms with Gasteiger partial charge in [0, 0.05) is 11.5 Å². The van der Waals surface area contributed by atoms with Gasteiger partial charge >= 0.3 is 5.63 Å². The lowest BCUT2D eigenvalue weighted by Gasteiger charge is -1.99. The Hall–Kier alpha value is -2.54. The van der Waals surface area contributed by atoms with Gasteiger partial charge in [0.05, 0.1) is 17.5 Å². The molecule has 4 aromatic rings. The average Bonchev–Trinajstić information content (AvgIpc) is 2.94. The third kappa shape index (κ3) is 1.93. The first kappa shape index (κ1) is 12.2. The lowest BCUT2D eigenvalue weighted by atomic mass is 10.1. The molecule has 1 aromatic carbocycles. The third-order valence-electron chi connectivity index (χ3n) is 3.12. The minimum absolute atomic E-state index is 0.221. The summed E-state index contributed by atoms with van der Waals surface area (Å²) in [4.78, 5) is 17.1. The zero-order chi connectivity index (χ0) is 14.6. The molecule has 5 nitrogen and oxygen atoms in total. The summed E-state index contributed by atoms with van der Waals surface area (Å²) in [5.41, 5.74) is 0.507. The topological polar surface area (TPSA) is 60.4 Å². The molecule has 0 radical (unpaired) electrons. The van der Waals surface area contributed by atoms with Crippen molar-refractivity contribution in [1.82, 2.24) is 14.6 Å². The highest BCUT2D eigenvalue weighted by molar-refractivity contribution is 7.16. The maximum absolute atomic E-state index is 13.1.